The second kappa shape index (κ2) is 6.58. The predicted octanol–water partition coefficient (Wildman–Crippen LogP) is 1.23. The number of hydrogen-bond donors (Lipinski definition) is 3. The molecule has 0 radical (unpaired) electrons. The molecule has 1 aromatic rings. The van der Waals surface area contributed by atoms with Gasteiger partial charge in [-0.3, -0.25) is 4.79 Å². The van der Waals surface area contributed by atoms with Crippen LogP contribution in [0.3, 0.4) is 0 Å². The van der Waals surface area contributed by atoms with E-state index in [1.165, 1.54) is 36.0 Å². The van der Waals surface area contributed by atoms with Crippen LogP contribution >= 0.6 is 11.8 Å². The molecule has 3 N–H and O–H groups in total. The number of rotatable bonds is 6. The molecule has 5 nitrogen and oxygen atoms in total. The van der Waals surface area contributed by atoms with Crippen molar-refractivity contribution in [3.63, 3.8) is 0 Å². The maximum absolute atomic E-state index is 11.8. The summed E-state index contributed by atoms with van der Waals surface area (Å²) in [4.78, 5) is 22.5. The highest BCUT2D eigenvalue weighted by molar-refractivity contribution is 7.98. The average Bonchev–Trinajstić information content (AvgIpc) is 2.36. The molecule has 0 aromatic heterocycles. The van der Waals surface area contributed by atoms with Crippen molar-refractivity contribution < 1.29 is 19.8 Å². The number of carbonyl (C=O) groups is 2. The molecule has 6 heteroatoms. The Morgan fingerprint density at radius 3 is 2.26 bits per heavy atom. The molecule has 0 bridgehead atoms. The SMILES string of the molecule is CSCC(C)(O)CNC(=O)c1ccc(C(=O)O)cc1. The molecule has 1 rings (SSSR count). The molecule has 0 aliphatic heterocycles. The Bertz CT molecular complexity index is 456. The van der Waals surface area contributed by atoms with E-state index in [0.29, 0.717) is 11.3 Å². The Balaban J connectivity index is 2.61. The van der Waals surface area contributed by atoms with Gasteiger partial charge >= 0.3 is 5.97 Å². The van der Waals surface area contributed by atoms with Gasteiger partial charge in [0.2, 0.25) is 0 Å². The number of carboxylic acids is 1. The maximum atomic E-state index is 11.8. The van der Waals surface area contributed by atoms with Crippen LogP contribution in [0.5, 0.6) is 0 Å². The van der Waals surface area contributed by atoms with E-state index in [0.717, 1.165) is 0 Å². The third-order valence-electron chi connectivity index (χ3n) is 2.48. The Morgan fingerprint density at radius 1 is 1.26 bits per heavy atom. The smallest absolute Gasteiger partial charge is 0.335 e. The Hall–Kier alpha value is -1.53. The molecule has 1 atom stereocenters. The minimum atomic E-state index is -1.03. The van der Waals surface area contributed by atoms with E-state index < -0.39 is 11.6 Å². The first-order chi connectivity index (χ1) is 8.85. The van der Waals surface area contributed by atoms with Gasteiger partial charge in [0, 0.05) is 17.9 Å². The predicted molar refractivity (Wildman–Crippen MR) is 74.7 cm³/mol. The first-order valence-electron chi connectivity index (χ1n) is 5.68. The highest BCUT2D eigenvalue weighted by Gasteiger charge is 2.20. The molecule has 0 saturated heterocycles. The zero-order valence-corrected chi connectivity index (χ0v) is 11.7. The molecule has 19 heavy (non-hydrogen) atoms. The second-order valence-electron chi connectivity index (χ2n) is 4.50. The van der Waals surface area contributed by atoms with Gasteiger partial charge in [0.05, 0.1) is 11.2 Å². The van der Waals surface area contributed by atoms with Gasteiger partial charge in [0.15, 0.2) is 0 Å². The van der Waals surface area contributed by atoms with Gasteiger partial charge < -0.3 is 15.5 Å². The molecule has 0 spiro atoms. The number of carboxylic acid groups (broad SMARTS) is 1. The maximum Gasteiger partial charge on any atom is 0.335 e. The molecule has 0 heterocycles. The Labute approximate surface area is 116 Å². The summed E-state index contributed by atoms with van der Waals surface area (Å²) in [5.41, 5.74) is -0.466. The molecule has 0 fully saturated rings. The molecule has 1 unspecified atom stereocenters. The summed E-state index contributed by atoms with van der Waals surface area (Å²) in [7, 11) is 0. The van der Waals surface area contributed by atoms with Crippen LogP contribution in [0.25, 0.3) is 0 Å². The Morgan fingerprint density at radius 2 is 1.79 bits per heavy atom. The van der Waals surface area contributed by atoms with Crippen molar-refractivity contribution >= 4 is 23.6 Å². The van der Waals surface area contributed by atoms with Gasteiger partial charge in [-0.2, -0.15) is 11.8 Å². The van der Waals surface area contributed by atoms with Crippen LogP contribution in [-0.4, -0.2) is 46.2 Å². The van der Waals surface area contributed by atoms with Crippen LogP contribution in [0.4, 0.5) is 0 Å². The third-order valence-corrected chi connectivity index (χ3v) is 3.39. The van der Waals surface area contributed by atoms with E-state index >= 15 is 0 Å². The lowest BCUT2D eigenvalue weighted by atomic mass is 10.1. The highest BCUT2D eigenvalue weighted by Crippen LogP contribution is 2.10. The van der Waals surface area contributed by atoms with Crippen molar-refractivity contribution in [2.75, 3.05) is 18.6 Å². The van der Waals surface area contributed by atoms with Gasteiger partial charge in [0.25, 0.3) is 5.91 Å². The van der Waals surface area contributed by atoms with Crippen molar-refractivity contribution in [2.24, 2.45) is 0 Å². The molecule has 1 aromatic carbocycles. The van der Waals surface area contributed by atoms with Crippen LogP contribution in [0.2, 0.25) is 0 Å². The topological polar surface area (TPSA) is 86.6 Å². The highest BCUT2D eigenvalue weighted by atomic mass is 32.2. The number of benzene rings is 1. The summed E-state index contributed by atoms with van der Waals surface area (Å²) in [5, 5.41) is 21.3. The van der Waals surface area contributed by atoms with Crippen molar-refractivity contribution in [3.8, 4) is 0 Å². The van der Waals surface area contributed by atoms with Crippen molar-refractivity contribution in [1.82, 2.24) is 5.32 Å². The van der Waals surface area contributed by atoms with Crippen LogP contribution in [0, 0.1) is 0 Å². The zero-order chi connectivity index (χ0) is 14.5. The zero-order valence-electron chi connectivity index (χ0n) is 10.8. The van der Waals surface area contributed by atoms with E-state index in [2.05, 4.69) is 5.32 Å². The van der Waals surface area contributed by atoms with Crippen LogP contribution in [0.15, 0.2) is 24.3 Å². The monoisotopic (exact) mass is 283 g/mol. The molecule has 0 saturated carbocycles. The van der Waals surface area contributed by atoms with Crippen LogP contribution in [-0.2, 0) is 0 Å². The van der Waals surface area contributed by atoms with Gasteiger partial charge in [-0.15, -0.1) is 0 Å². The Kier molecular flexibility index (Phi) is 5.38. The number of carbonyl (C=O) groups excluding carboxylic acids is 1. The minimum absolute atomic E-state index is 0.130. The quantitative estimate of drug-likeness (QED) is 0.731. The number of amides is 1. The molecular weight excluding hydrogens is 266 g/mol. The summed E-state index contributed by atoms with van der Waals surface area (Å²) < 4.78 is 0. The average molecular weight is 283 g/mol. The molecular formula is C13H17NO4S. The first-order valence-corrected chi connectivity index (χ1v) is 7.08. The second-order valence-corrected chi connectivity index (χ2v) is 5.36. The lowest BCUT2D eigenvalue weighted by Crippen LogP contribution is -2.42. The van der Waals surface area contributed by atoms with Gasteiger partial charge in [-0.25, -0.2) is 4.79 Å². The van der Waals surface area contributed by atoms with E-state index in [1.54, 1.807) is 6.92 Å². The molecule has 104 valence electrons. The number of aliphatic hydroxyl groups is 1. The number of aromatic carboxylic acids is 1. The lowest BCUT2D eigenvalue weighted by molar-refractivity contribution is 0.0696. The third kappa shape index (κ3) is 4.92. The van der Waals surface area contributed by atoms with Gasteiger partial charge in [-0.05, 0) is 37.4 Å². The molecule has 0 aliphatic rings. The fourth-order valence-corrected chi connectivity index (χ4v) is 2.22. The normalized spacial score (nSPS) is 13.6. The number of thioether (sulfide) groups is 1. The summed E-state index contributed by atoms with van der Waals surface area (Å²) >= 11 is 1.49. The number of nitrogens with one attached hydrogen (secondary N) is 1. The van der Waals surface area contributed by atoms with E-state index in [1.807, 2.05) is 6.26 Å². The standard InChI is InChI=1S/C13H17NO4S/c1-13(18,8-19-2)7-14-11(15)9-3-5-10(6-4-9)12(16)17/h3-6,18H,7-8H2,1-2H3,(H,14,15)(H,16,17). The molecule has 1 amide bonds. The van der Waals surface area contributed by atoms with Crippen LogP contribution < -0.4 is 5.32 Å². The first kappa shape index (κ1) is 15.5. The summed E-state index contributed by atoms with van der Waals surface area (Å²) in [6, 6.07) is 5.64. The van der Waals surface area contributed by atoms with E-state index in [9.17, 15) is 14.7 Å². The van der Waals surface area contributed by atoms with Crippen LogP contribution in [0.1, 0.15) is 27.6 Å². The molecule has 0 aliphatic carbocycles. The fraction of sp³-hybridized carbons (Fsp3) is 0.385. The van der Waals surface area contributed by atoms with E-state index in [4.69, 9.17) is 5.11 Å². The minimum Gasteiger partial charge on any atom is -0.478 e. The lowest BCUT2D eigenvalue weighted by Gasteiger charge is -2.22. The fourth-order valence-electron chi connectivity index (χ4n) is 1.50. The van der Waals surface area contributed by atoms with Gasteiger partial charge in [-0.1, -0.05) is 0 Å². The van der Waals surface area contributed by atoms with Crippen molar-refractivity contribution in [1.29, 1.82) is 0 Å². The van der Waals surface area contributed by atoms with Crippen molar-refractivity contribution in [3.05, 3.63) is 35.4 Å². The van der Waals surface area contributed by atoms with Gasteiger partial charge in [0.1, 0.15) is 0 Å². The van der Waals surface area contributed by atoms with Crippen molar-refractivity contribution in [2.45, 2.75) is 12.5 Å². The largest absolute Gasteiger partial charge is 0.478 e. The summed E-state index contributed by atoms with van der Waals surface area (Å²) in [6.07, 6.45) is 1.88. The van der Waals surface area contributed by atoms with E-state index in [-0.39, 0.29) is 18.0 Å². The summed E-state index contributed by atoms with van der Waals surface area (Å²) in [5.74, 6) is -0.848. The summed E-state index contributed by atoms with van der Waals surface area (Å²) in [6.45, 7) is 1.80. The number of hydrogen-bond acceptors (Lipinski definition) is 4.